The number of aryl methyl sites for hydroxylation is 1. The molecule has 8 heteroatoms. The number of benzene rings is 1. The first-order valence-electron chi connectivity index (χ1n) is 8.39. The van der Waals surface area contributed by atoms with E-state index in [1.54, 1.807) is 0 Å². The summed E-state index contributed by atoms with van der Waals surface area (Å²) < 4.78 is 0.702. The molecule has 1 aliphatic heterocycles. The summed E-state index contributed by atoms with van der Waals surface area (Å²) in [5.41, 5.74) is 8.73. The van der Waals surface area contributed by atoms with Crippen LogP contribution in [0, 0.1) is 6.92 Å². The summed E-state index contributed by atoms with van der Waals surface area (Å²) in [7, 11) is 0. The van der Waals surface area contributed by atoms with Crippen LogP contribution in [0.4, 0.5) is 0 Å². The Hall–Kier alpha value is -1.90. The van der Waals surface area contributed by atoms with E-state index in [0.29, 0.717) is 23.1 Å². The highest BCUT2D eigenvalue weighted by Gasteiger charge is 2.35. The molecule has 0 spiro atoms. The number of nitrogens with zero attached hydrogens (tertiary/aromatic N) is 2. The Balaban J connectivity index is 1.61. The Morgan fingerprint density at radius 1 is 1.54 bits per heavy atom. The second-order valence-electron chi connectivity index (χ2n) is 6.29. The molecule has 3 rings (SSSR count). The van der Waals surface area contributed by atoms with E-state index in [9.17, 15) is 9.59 Å². The lowest BCUT2D eigenvalue weighted by atomic mass is 9.97. The number of aromatic nitrogens is 1. The highest BCUT2D eigenvalue weighted by Crippen LogP contribution is 2.30. The number of nitrogens with two attached hydrogens (primary N) is 1. The summed E-state index contributed by atoms with van der Waals surface area (Å²) in [6.45, 7) is 2.61. The lowest BCUT2D eigenvalue weighted by Gasteiger charge is -2.30. The van der Waals surface area contributed by atoms with Gasteiger partial charge in [-0.2, -0.15) is 0 Å². The summed E-state index contributed by atoms with van der Waals surface area (Å²) in [5, 5.41) is 10.5. The van der Waals surface area contributed by atoms with E-state index >= 15 is 0 Å². The van der Waals surface area contributed by atoms with Crippen molar-refractivity contribution in [2.75, 3.05) is 12.3 Å². The minimum absolute atomic E-state index is 0.00391. The zero-order chi connectivity index (χ0) is 18.7. The molecule has 1 aromatic heterocycles. The van der Waals surface area contributed by atoms with Crippen LogP contribution in [-0.2, 0) is 4.79 Å². The summed E-state index contributed by atoms with van der Waals surface area (Å²) >= 11 is 2.78. The predicted molar refractivity (Wildman–Crippen MR) is 103 cm³/mol. The lowest BCUT2D eigenvalue weighted by Crippen LogP contribution is -2.41. The first-order chi connectivity index (χ1) is 12.5. The van der Waals surface area contributed by atoms with Gasteiger partial charge in [-0.3, -0.25) is 4.79 Å². The van der Waals surface area contributed by atoms with E-state index in [4.69, 9.17) is 10.8 Å². The molecule has 1 aromatic carbocycles. The minimum atomic E-state index is -1.02. The summed E-state index contributed by atoms with van der Waals surface area (Å²) in [5.74, 6) is -0.230. The number of amides is 1. The van der Waals surface area contributed by atoms with Crippen LogP contribution in [0.15, 0.2) is 34.0 Å². The Morgan fingerprint density at radius 3 is 3.04 bits per heavy atom. The number of carbonyl (C=O) groups is 2. The van der Waals surface area contributed by atoms with E-state index in [1.807, 2.05) is 30.0 Å². The quantitative estimate of drug-likeness (QED) is 0.705. The van der Waals surface area contributed by atoms with Gasteiger partial charge in [0.1, 0.15) is 0 Å². The van der Waals surface area contributed by atoms with Crippen LogP contribution in [0.3, 0.4) is 0 Å². The van der Waals surface area contributed by atoms with E-state index in [2.05, 4.69) is 11.1 Å². The van der Waals surface area contributed by atoms with Gasteiger partial charge >= 0.3 is 5.97 Å². The molecule has 1 amide bonds. The van der Waals surface area contributed by atoms with Crippen molar-refractivity contribution in [3.05, 3.63) is 46.5 Å². The van der Waals surface area contributed by atoms with Crippen LogP contribution in [0.25, 0.3) is 0 Å². The largest absolute Gasteiger partial charge is 0.476 e. The van der Waals surface area contributed by atoms with Crippen LogP contribution in [0.1, 0.15) is 40.5 Å². The average molecular weight is 392 g/mol. The number of carboxylic acid groups (broad SMARTS) is 1. The Bertz CT molecular complexity index is 808. The van der Waals surface area contributed by atoms with Crippen LogP contribution in [-0.4, -0.2) is 45.2 Å². The summed E-state index contributed by atoms with van der Waals surface area (Å²) in [6.07, 6.45) is 1.29. The molecule has 1 saturated heterocycles. The van der Waals surface area contributed by atoms with Gasteiger partial charge in [-0.1, -0.05) is 41.6 Å². The molecular weight excluding hydrogens is 370 g/mol. The number of thioether (sulfide) groups is 1. The van der Waals surface area contributed by atoms with Crippen LogP contribution in [0.2, 0.25) is 0 Å². The molecule has 1 unspecified atom stereocenters. The van der Waals surface area contributed by atoms with Gasteiger partial charge in [0, 0.05) is 24.1 Å². The molecule has 2 atom stereocenters. The zero-order valence-electron chi connectivity index (χ0n) is 14.4. The lowest BCUT2D eigenvalue weighted by molar-refractivity contribution is -0.128. The number of carboxylic acids is 1. The van der Waals surface area contributed by atoms with Gasteiger partial charge in [0.2, 0.25) is 5.91 Å². The number of hydrogen-bond donors (Lipinski definition) is 2. The fourth-order valence-corrected chi connectivity index (χ4v) is 4.98. The van der Waals surface area contributed by atoms with Gasteiger partial charge in [0.05, 0.1) is 12.1 Å². The molecule has 1 aliphatic rings. The van der Waals surface area contributed by atoms with Gasteiger partial charge < -0.3 is 15.7 Å². The highest BCUT2D eigenvalue weighted by atomic mass is 32.2. The van der Waals surface area contributed by atoms with E-state index in [0.717, 1.165) is 17.5 Å². The number of hydrogen-bond acceptors (Lipinski definition) is 6. The molecule has 2 heterocycles. The fraction of sp³-hybridized carbons (Fsp3) is 0.389. The average Bonchev–Trinajstić information content (AvgIpc) is 3.22. The molecule has 0 bridgehead atoms. The van der Waals surface area contributed by atoms with Crippen molar-refractivity contribution >= 4 is 35.0 Å². The number of likely N-dealkylation sites (tertiary alicyclic amines) is 1. The van der Waals surface area contributed by atoms with Crippen molar-refractivity contribution in [2.24, 2.45) is 5.73 Å². The van der Waals surface area contributed by atoms with Crippen molar-refractivity contribution in [1.82, 2.24) is 9.88 Å². The number of thiazole rings is 1. The zero-order valence-corrected chi connectivity index (χ0v) is 16.1. The molecule has 2 aromatic rings. The first kappa shape index (κ1) is 18.9. The normalized spacial score (nSPS) is 18.3. The monoisotopic (exact) mass is 391 g/mol. The SMILES string of the molecule is Cc1cccc(C(N)[C@H]2CCC(=O)N2CCSc2nc(C(=O)O)cs2)c1. The molecule has 0 aliphatic carbocycles. The molecule has 3 N–H and O–H groups in total. The molecule has 26 heavy (non-hydrogen) atoms. The van der Waals surface area contributed by atoms with Crippen molar-refractivity contribution in [2.45, 2.75) is 36.2 Å². The third-order valence-electron chi connectivity index (χ3n) is 4.48. The van der Waals surface area contributed by atoms with Gasteiger partial charge in [-0.05, 0) is 18.9 Å². The predicted octanol–water partition coefficient (Wildman–Crippen LogP) is 2.93. The second-order valence-corrected chi connectivity index (χ2v) is 8.49. The molecule has 1 fully saturated rings. The van der Waals surface area contributed by atoms with Crippen molar-refractivity contribution < 1.29 is 14.7 Å². The molecule has 0 saturated carbocycles. The van der Waals surface area contributed by atoms with E-state index in [1.165, 1.54) is 28.5 Å². The fourth-order valence-electron chi connectivity index (χ4n) is 3.17. The standard InChI is InChI=1S/C18H21N3O3S2/c1-11-3-2-4-12(9-11)16(19)14-5-6-15(22)21(14)7-8-25-18-20-13(10-26-18)17(23)24/h2-4,9-10,14,16H,5-8,19H2,1H3,(H,23,24)/t14-,16?/m1/s1. The third-order valence-corrected chi connectivity index (χ3v) is 6.48. The van der Waals surface area contributed by atoms with Gasteiger partial charge in [0.25, 0.3) is 0 Å². The highest BCUT2D eigenvalue weighted by molar-refractivity contribution is 8.01. The Kier molecular flexibility index (Phi) is 5.95. The van der Waals surface area contributed by atoms with Crippen molar-refractivity contribution in [1.29, 1.82) is 0 Å². The maximum absolute atomic E-state index is 12.3. The van der Waals surface area contributed by atoms with Crippen molar-refractivity contribution in [3.63, 3.8) is 0 Å². The molecule has 0 radical (unpaired) electrons. The van der Waals surface area contributed by atoms with Gasteiger partial charge in [0.15, 0.2) is 10.0 Å². The summed E-state index contributed by atoms with van der Waals surface area (Å²) in [4.78, 5) is 29.1. The van der Waals surface area contributed by atoms with Crippen LogP contribution < -0.4 is 5.73 Å². The third kappa shape index (κ3) is 4.25. The van der Waals surface area contributed by atoms with Crippen LogP contribution >= 0.6 is 23.1 Å². The Labute approximate surface area is 160 Å². The maximum atomic E-state index is 12.3. The van der Waals surface area contributed by atoms with Crippen molar-refractivity contribution in [3.8, 4) is 0 Å². The summed E-state index contributed by atoms with van der Waals surface area (Å²) in [6, 6.07) is 7.90. The minimum Gasteiger partial charge on any atom is -0.476 e. The maximum Gasteiger partial charge on any atom is 0.355 e. The first-order valence-corrected chi connectivity index (χ1v) is 10.3. The number of carbonyl (C=O) groups excluding carboxylic acids is 1. The van der Waals surface area contributed by atoms with Crippen LogP contribution in [0.5, 0.6) is 0 Å². The van der Waals surface area contributed by atoms with Gasteiger partial charge in [-0.15, -0.1) is 11.3 Å². The van der Waals surface area contributed by atoms with E-state index < -0.39 is 5.97 Å². The number of aromatic carboxylic acids is 1. The molecular formula is C18H21N3O3S2. The topological polar surface area (TPSA) is 96.5 Å². The second kappa shape index (κ2) is 8.20. The smallest absolute Gasteiger partial charge is 0.355 e. The Morgan fingerprint density at radius 2 is 2.35 bits per heavy atom. The molecule has 6 nitrogen and oxygen atoms in total. The number of rotatable bonds is 7. The molecule has 138 valence electrons. The van der Waals surface area contributed by atoms with E-state index in [-0.39, 0.29) is 23.7 Å². The van der Waals surface area contributed by atoms with Gasteiger partial charge in [-0.25, -0.2) is 9.78 Å².